The number of halogens is 1. The Bertz CT molecular complexity index is 336. The van der Waals surface area contributed by atoms with E-state index in [0.717, 1.165) is 0 Å². The van der Waals surface area contributed by atoms with Crippen molar-refractivity contribution >= 4 is 11.6 Å². The van der Waals surface area contributed by atoms with Gasteiger partial charge >= 0.3 is 0 Å². The van der Waals surface area contributed by atoms with Crippen molar-refractivity contribution in [3.63, 3.8) is 0 Å². The van der Waals surface area contributed by atoms with E-state index in [9.17, 15) is 5.11 Å². The van der Waals surface area contributed by atoms with Gasteiger partial charge in [-0.2, -0.15) is 0 Å². The molecule has 2 rings (SSSR count). The standard InChI is InChI=1S/C9H9ClO3/c1-9(11)5-12-8-4-6(10)2-3-7(8)13-9/h2-4,11H,5H2,1H3. The van der Waals surface area contributed by atoms with Crippen molar-refractivity contribution in [2.24, 2.45) is 0 Å². The molecule has 70 valence electrons. The average Bonchev–Trinajstić information content (AvgIpc) is 2.05. The van der Waals surface area contributed by atoms with Crippen LogP contribution in [0.15, 0.2) is 18.2 Å². The van der Waals surface area contributed by atoms with Gasteiger partial charge in [-0.15, -0.1) is 0 Å². The minimum Gasteiger partial charge on any atom is -0.483 e. The van der Waals surface area contributed by atoms with Crippen molar-refractivity contribution in [2.45, 2.75) is 12.7 Å². The number of rotatable bonds is 0. The minimum absolute atomic E-state index is 0.111. The predicted octanol–water partition coefficient (Wildman–Crippen LogP) is 1.82. The molecule has 1 aromatic rings. The Kier molecular flexibility index (Phi) is 1.86. The highest BCUT2D eigenvalue weighted by molar-refractivity contribution is 6.30. The van der Waals surface area contributed by atoms with Gasteiger partial charge in [-0.3, -0.25) is 0 Å². The van der Waals surface area contributed by atoms with Gasteiger partial charge in [-0.1, -0.05) is 11.6 Å². The van der Waals surface area contributed by atoms with Crippen molar-refractivity contribution < 1.29 is 14.6 Å². The largest absolute Gasteiger partial charge is 0.483 e. The van der Waals surface area contributed by atoms with Crippen molar-refractivity contribution in [2.75, 3.05) is 6.61 Å². The summed E-state index contributed by atoms with van der Waals surface area (Å²) in [6.45, 7) is 1.66. The Morgan fingerprint density at radius 1 is 1.46 bits per heavy atom. The summed E-state index contributed by atoms with van der Waals surface area (Å²) < 4.78 is 10.5. The molecule has 0 saturated heterocycles. The summed E-state index contributed by atoms with van der Waals surface area (Å²) in [5.41, 5.74) is 0. The molecule has 0 bridgehead atoms. The van der Waals surface area contributed by atoms with Gasteiger partial charge in [0.1, 0.15) is 0 Å². The highest BCUT2D eigenvalue weighted by Gasteiger charge is 2.30. The molecule has 13 heavy (non-hydrogen) atoms. The van der Waals surface area contributed by atoms with Gasteiger partial charge in [0.05, 0.1) is 0 Å². The lowest BCUT2D eigenvalue weighted by Gasteiger charge is -2.30. The fourth-order valence-electron chi connectivity index (χ4n) is 1.16. The lowest BCUT2D eigenvalue weighted by molar-refractivity contribution is -0.159. The van der Waals surface area contributed by atoms with E-state index in [1.165, 1.54) is 0 Å². The van der Waals surface area contributed by atoms with Crippen LogP contribution in [0.3, 0.4) is 0 Å². The van der Waals surface area contributed by atoms with E-state index >= 15 is 0 Å². The topological polar surface area (TPSA) is 38.7 Å². The highest BCUT2D eigenvalue weighted by atomic mass is 35.5. The molecule has 1 N–H and O–H groups in total. The maximum atomic E-state index is 9.51. The van der Waals surface area contributed by atoms with E-state index in [0.29, 0.717) is 16.5 Å². The van der Waals surface area contributed by atoms with Gasteiger partial charge in [0, 0.05) is 18.0 Å². The molecule has 1 unspecified atom stereocenters. The van der Waals surface area contributed by atoms with E-state index in [-0.39, 0.29) is 6.61 Å². The van der Waals surface area contributed by atoms with Crippen LogP contribution < -0.4 is 9.47 Å². The number of hydrogen-bond acceptors (Lipinski definition) is 3. The molecule has 1 aromatic carbocycles. The van der Waals surface area contributed by atoms with Gasteiger partial charge in [0.2, 0.25) is 5.79 Å². The van der Waals surface area contributed by atoms with E-state index < -0.39 is 5.79 Å². The molecule has 1 heterocycles. The zero-order valence-electron chi connectivity index (χ0n) is 7.08. The molecule has 1 aliphatic rings. The second-order valence-electron chi connectivity index (χ2n) is 3.16. The van der Waals surface area contributed by atoms with Crippen LogP contribution in [-0.2, 0) is 0 Å². The summed E-state index contributed by atoms with van der Waals surface area (Å²) >= 11 is 5.75. The van der Waals surface area contributed by atoms with Crippen molar-refractivity contribution in [1.29, 1.82) is 0 Å². The predicted molar refractivity (Wildman–Crippen MR) is 48.2 cm³/mol. The van der Waals surface area contributed by atoms with Crippen LogP contribution in [0.4, 0.5) is 0 Å². The molecular formula is C9H9ClO3. The van der Waals surface area contributed by atoms with E-state index in [1.807, 2.05) is 0 Å². The van der Waals surface area contributed by atoms with Crippen LogP contribution in [0, 0.1) is 0 Å². The average molecular weight is 201 g/mol. The van der Waals surface area contributed by atoms with Gasteiger partial charge in [0.25, 0.3) is 0 Å². The third-order valence-electron chi connectivity index (χ3n) is 1.73. The summed E-state index contributed by atoms with van der Waals surface area (Å²) in [6.07, 6.45) is 0. The molecule has 0 spiro atoms. The van der Waals surface area contributed by atoms with Crippen molar-refractivity contribution in [3.05, 3.63) is 23.2 Å². The van der Waals surface area contributed by atoms with Crippen LogP contribution in [0.1, 0.15) is 6.92 Å². The normalized spacial score (nSPS) is 25.8. The zero-order valence-corrected chi connectivity index (χ0v) is 7.84. The highest BCUT2D eigenvalue weighted by Crippen LogP contribution is 2.36. The number of fused-ring (bicyclic) bond motifs is 1. The zero-order chi connectivity index (χ0) is 9.47. The van der Waals surface area contributed by atoms with Crippen molar-refractivity contribution in [1.82, 2.24) is 0 Å². The second-order valence-corrected chi connectivity index (χ2v) is 3.59. The monoisotopic (exact) mass is 200 g/mol. The van der Waals surface area contributed by atoms with Crippen LogP contribution in [-0.4, -0.2) is 17.5 Å². The molecule has 1 atom stereocenters. The lowest BCUT2D eigenvalue weighted by Crippen LogP contribution is -2.41. The Morgan fingerprint density at radius 2 is 2.23 bits per heavy atom. The molecule has 1 aliphatic heterocycles. The maximum absolute atomic E-state index is 9.51. The second kappa shape index (κ2) is 2.79. The SMILES string of the molecule is CC1(O)COc2cc(Cl)ccc2O1. The van der Waals surface area contributed by atoms with E-state index in [4.69, 9.17) is 21.1 Å². The Hall–Kier alpha value is -0.930. The molecule has 0 aliphatic carbocycles. The number of aliphatic hydroxyl groups is 1. The molecule has 0 radical (unpaired) electrons. The van der Waals surface area contributed by atoms with Crippen LogP contribution in [0.2, 0.25) is 5.02 Å². The Balaban J connectivity index is 2.37. The molecule has 0 saturated carbocycles. The van der Waals surface area contributed by atoms with Gasteiger partial charge < -0.3 is 14.6 Å². The first-order valence-electron chi connectivity index (χ1n) is 3.91. The Labute approximate surface area is 80.8 Å². The van der Waals surface area contributed by atoms with Crippen LogP contribution in [0.5, 0.6) is 11.5 Å². The van der Waals surface area contributed by atoms with E-state index in [1.54, 1.807) is 25.1 Å². The van der Waals surface area contributed by atoms with Crippen LogP contribution >= 0.6 is 11.6 Å². The summed E-state index contributed by atoms with van der Waals surface area (Å²) in [5.74, 6) is -0.166. The minimum atomic E-state index is -1.25. The number of benzene rings is 1. The molecule has 0 fully saturated rings. The smallest absolute Gasteiger partial charge is 0.239 e. The summed E-state index contributed by atoms with van der Waals surface area (Å²) in [6, 6.07) is 5.02. The first-order valence-corrected chi connectivity index (χ1v) is 4.28. The van der Waals surface area contributed by atoms with Gasteiger partial charge in [-0.05, 0) is 12.1 Å². The quantitative estimate of drug-likeness (QED) is 0.694. The molecule has 3 nitrogen and oxygen atoms in total. The summed E-state index contributed by atoms with van der Waals surface area (Å²) in [5, 5.41) is 10.1. The summed E-state index contributed by atoms with van der Waals surface area (Å²) in [7, 11) is 0. The maximum Gasteiger partial charge on any atom is 0.239 e. The molecule has 0 amide bonds. The third-order valence-corrected chi connectivity index (χ3v) is 1.97. The lowest BCUT2D eigenvalue weighted by atomic mass is 10.2. The molecular weight excluding hydrogens is 192 g/mol. The third kappa shape index (κ3) is 1.71. The van der Waals surface area contributed by atoms with Gasteiger partial charge in [-0.25, -0.2) is 0 Å². The number of hydrogen-bond donors (Lipinski definition) is 1. The van der Waals surface area contributed by atoms with Crippen molar-refractivity contribution in [3.8, 4) is 11.5 Å². The number of ether oxygens (including phenoxy) is 2. The first-order chi connectivity index (χ1) is 6.07. The molecule has 4 heteroatoms. The fraction of sp³-hybridized carbons (Fsp3) is 0.333. The summed E-state index contributed by atoms with van der Waals surface area (Å²) in [4.78, 5) is 0. The van der Waals surface area contributed by atoms with Gasteiger partial charge in [0.15, 0.2) is 18.1 Å². The molecule has 0 aromatic heterocycles. The van der Waals surface area contributed by atoms with Crippen LogP contribution in [0.25, 0.3) is 0 Å². The fourth-order valence-corrected chi connectivity index (χ4v) is 1.32. The van der Waals surface area contributed by atoms with E-state index in [2.05, 4.69) is 0 Å². The first kappa shape index (κ1) is 8.66. The Morgan fingerprint density at radius 3 is 3.00 bits per heavy atom.